The first-order valence-electron chi connectivity index (χ1n) is 9.11. The second-order valence-electron chi connectivity index (χ2n) is 6.83. The summed E-state index contributed by atoms with van der Waals surface area (Å²) >= 11 is 0. The molecule has 0 spiro atoms. The molecule has 1 aliphatic rings. The fourth-order valence-electron chi connectivity index (χ4n) is 3.46. The molecule has 0 radical (unpaired) electrons. The van der Waals surface area contributed by atoms with E-state index in [2.05, 4.69) is 38.5 Å². The van der Waals surface area contributed by atoms with Crippen LogP contribution in [0.5, 0.6) is 0 Å². The Morgan fingerprint density at radius 1 is 0.964 bits per heavy atom. The van der Waals surface area contributed by atoms with Gasteiger partial charge in [0.1, 0.15) is 5.66 Å². The zero-order chi connectivity index (χ0) is 19.4. The summed E-state index contributed by atoms with van der Waals surface area (Å²) in [5, 5.41) is 3.17. The van der Waals surface area contributed by atoms with Crippen LogP contribution in [0.1, 0.15) is 28.3 Å². The number of nitrogens with one attached hydrogen (secondary N) is 1. The number of pyridine rings is 3. The summed E-state index contributed by atoms with van der Waals surface area (Å²) in [6.45, 7) is 0. The summed E-state index contributed by atoms with van der Waals surface area (Å²) in [4.78, 5) is 13.2. The van der Waals surface area contributed by atoms with Crippen molar-refractivity contribution in [1.29, 1.82) is 0 Å². The van der Waals surface area contributed by atoms with Gasteiger partial charge in [-0.1, -0.05) is 18.2 Å². The highest BCUT2D eigenvalue weighted by atomic mass is 15.1. The molecule has 1 unspecified atom stereocenters. The Labute approximate surface area is 164 Å². The Balaban J connectivity index is 1.74. The van der Waals surface area contributed by atoms with Crippen LogP contribution in [0, 0.1) is 0 Å². The molecule has 0 fully saturated rings. The third kappa shape index (κ3) is 3.63. The van der Waals surface area contributed by atoms with Crippen molar-refractivity contribution in [3.63, 3.8) is 0 Å². The standard InChI is InChI=1S/C22H22N6/c23-19-7-8-22(24,28-15-19)21-16(4-3-11-27-21)12-20(17-5-1-9-25-13-17)18-6-2-10-26-14-18/h1-11,13-15,20,28H,12,23-24H2. The van der Waals surface area contributed by atoms with Crippen molar-refractivity contribution < 1.29 is 0 Å². The van der Waals surface area contributed by atoms with Crippen molar-refractivity contribution in [2.24, 2.45) is 11.5 Å². The number of aromatic nitrogens is 3. The molecule has 4 heterocycles. The van der Waals surface area contributed by atoms with Crippen molar-refractivity contribution in [2.75, 3.05) is 0 Å². The minimum atomic E-state index is -0.909. The van der Waals surface area contributed by atoms with Gasteiger partial charge in [-0.2, -0.15) is 0 Å². The molecule has 3 aromatic rings. The predicted octanol–water partition coefficient (Wildman–Crippen LogP) is 2.32. The van der Waals surface area contributed by atoms with Gasteiger partial charge in [0.05, 0.1) is 5.69 Å². The van der Waals surface area contributed by atoms with E-state index in [-0.39, 0.29) is 5.92 Å². The maximum Gasteiger partial charge on any atom is 0.149 e. The number of rotatable bonds is 5. The second kappa shape index (κ2) is 7.62. The maximum atomic E-state index is 6.61. The van der Waals surface area contributed by atoms with Crippen LogP contribution in [0.25, 0.3) is 0 Å². The van der Waals surface area contributed by atoms with Crippen molar-refractivity contribution in [2.45, 2.75) is 18.0 Å². The van der Waals surface area contributed by atoms with E-state index in [9.17, 15) is 0 Å². The molecule has 1 atom stereocenters. The Hall–Kier alpha value is -3.51. The van der Waals surface area contributed by atoms with Crippen LogP contribution in [-0.4, -0.2) is 15.0 Å². The topological polar surface area (TPSA) is 103 Å². The van der Waals surface area contributed by atoms with Crippen LogP contribution >= 0.6 is 0 Å². The molecule has 0 aliphatic carbocycles. The summed E-state index contributed by atoms with van der Waals surface area (Å²) in [7, 11) is 0. The summed E-state index contributed by atoms with van der Waals surface area (Å²) in [6, 6.07) is 12.1. The first kappa shape index (κ1) is 17.9. The zero-order valence-electron chi connectivity index (χ0n) is 15.4. The van der Waals surface area contributed by atoms with E-state index in [1.807, 2.05) is 36.7 Å². The Kier molecular flexibility index (Phi) is 4.87. The molecule has 140 valence electrons. The van der Waals surface area contributed by atoms with E-state index in [4.69, 9.17) is 11.5 Å². The van der Waals surface area contributed by atoms with Gasteiger partial charge in [0, 0.05) is 48.8 Å². The van der Waals surface area contributed by atoms with E-state index in [0.29, 0.717) is 12.1 Å². The van der Waals surface area contributed by atoms with Gasteiger partial charge in [0.2, 0.25) is 0 Å². The lowest BCUT2D eigenvalue weighted by molar-refractivity contribution is 0.469. The van der Waals surface area contributed by atoms with Gasteiger partial charge in [0.15, 0.2) is 0 Å². The molecule has 0 aromatic carbocycles. The van der Waals surface area contributed by atoms with Crippen molar-refractivity contribution in [3.8, 4) is 0 Å². The lowest BCUT2D eigenvalue weighted by Crippen LogP contribution is -2.49. The van der Waals surface area contributed by atoms with Crippen molar-refractivity contribution in [3.05, 3.63) is 114 Å². The molecule has 1 aliphatic heterocycles. The Morgan fingerprint density at radius 3 is 2.21 bits per heavy atom. The average molecular weight is 370 g/mol. The molecular weight excluding hydrogens is 348 g/mol. The highest BCUT2D eigenvalue weighted by Gasteiger charge is 2.30. The van der Waals surface area contributed by atoms with Crippen molar-refractivity contribution >= 4 is 0 Å². The molecule has 4 rings (SSSR count). The third-order valence-electron chi connectivity index (χ3n) is 4.90. The predicted molar refractivity (Wildman–Crippen MR) is 109 cm³/mol. The summed E-state index contributed by atoms with van der Waals surface area (Å²) < 4.78 is 0. The van der Waals surface area contributed by atoms with E-state index in [0.717, 1.165) is 22.4 Å². The second-order valence-corrected chi connectivity index (χ2v) is 6.83. The third-order valence-corrected chi connectivity index (χ3v) is 4.90. The highest BCUT2D eigenvalue weighted by molar-refractivity contribution is 5.39. The van der Waals surface area contributed by atoms with Gasteiger partial charge >= 0.3 is 0 Å². The highest BCUT2D eigenvalue weighted by Crippen LogP contribution is 2.31. The molecule has 5 N–H and O–H groups in total. The lowest BCUT2D eigenvalue weighted by atomic mass is 9.85. The van der Waals surface area contributed by atoms with Gasteiger partial charge in [-0.3, -0.25) is 15.0 Å². The van der Waals surface area contributed by atoms with Gasteiger partial charge in [-0.25, -0.2) is 0 Å². The largest absolute Gasteiger partial charge is 0.398 e. The molecular formula is C22H22N6. The first-order chi connectivity index (χ1) is 13.7. The van der Waals surface area contributed by atoms with E-state index in [1.54, 1.807) is 30.9 Å². The number of nitrogens with zero attached hydrogens (tertiary/aromatic N) is 3. The van der Waals surface area contributed by atoms with E-state index < -0.39 is 5.66 Å². The molecule has 3 aromatic heterocycles. The molecule has 6 nitrogen and oxygen atoms in total. The van der Waals surface area contributed by atoms with Crippen molar-refractivity contribution in [1.82, 2.24) is 20.3 Å². The minimum Gasteiger partial charge on any atom is -0.398 e. The molecule has 6 heteroatoms. The smallest absolute Gasteiger partial charge is 0.149 e. The summed E-state index contributed by atoms with van der Waals surface area (Å²) in [5.74, 6) is 0.0853. The van der Waals surface area contributed by atoms with Crippen LogP contribution in [-0.2, 0) is 12.1 Å². The average Bonchev–Trinajstić information content (AvgIpc) is 2.76. The van der Waals surface area contributed by atoms with Gasteiger partial charge in [-0.15, -0.1) is 0 Å². The Bertz CT molecular complexity index is 960. The number of hydrogen-bond donors (Lipinski definition) is 3. The first-order valence-corrected chi connectivity index (χ1v) is 9.11. The van der Waals surface area contributed by atoms with E-state index >= 15 is 0 Å². The molecule has 0 saturated carbocycles. The SMILES string of the molecule is NC1=CNC(N)(c2ncccc2CC(c2cccnc2)c2cccnc2)C=C1. The van der Waals surface area contributed by atoms with Crippen LogP contribution in [0.15, 0.2) is 91.4 Å². The molecule has 0 bridgehead atoms. The van der Waals surface area contributed by atoms with Crippen LogP contribution in [0.4, 0.5) is 0 Å². The summed E-state index contributed by atoms with van der Waals surface area (Å²) in [5.41, 5.74) is 16.2. The quantitative estimate of drug-likeness (QED) is 0.637. The Morgan fingerprint density at radius 2 is 1.64 bits per heavy atom. The zero-order valence-corrected chi connectivity index (χ0v) is 15.4. The summed E-state index contributed by atoms with van der Waals surface area (Å²) in [6.07, 6.45) is 15.2. The van der Waals surface area contributed by atoms with Crippen LogP contribution in [0.3, 0.4) is 0 Å². The maximum absolute atomic E-state index is 6.61. The number of nitrogens with two attached hydrogens (primary N) is 2. The normalized spacial score (nSPS) is 18.6. The number of allylic oxidation sites excluding steroid dienone is 1. The lowest BCUT2D eigenvalue weighted by Gasteiger charge is -2.31. The number of dihydropyridines is 1. The van der Waals surface area contributed by atoms with Gasteiger partial charge in [-0.05, 0) is 53.5 Å². The van der Waals surface area contributed by atoms with Gasteiger partial charge in [0.25, 0.3) is 0 Å². The van der Waals surface area contributed by atoms with Gasteiger partial charge < -0.3 is 16.8 Å². The van der Waals surface area contributed by atoms with Crippen LogP contribution in [0.2, 0.25) is 0 Å². The van der Waals surface area contributed by atoms with Crippen LogP contribution < -0.4 is 16.8 Å². The molecule has 0 amide bonds. The van der Waals surface area contributed by atoms with E-state index in [1.165, 1.54) is 0 Å². The molecule has 28 heavy (non-hydrogen) atoms. The number of hydrogen-bond acceptors (Lipinski definition) is 6. The fraction of sp³-hybridized carbons (Fsp3) is 0.136. The minimum absolute atomic E-state index is 0.0853. The monoisotopic (exact) mass is 370 g/mol. The fourth-order valence-corrected chi connectivity index (χ4v) is 3.46. The molecule has 0 saturated heterocycles.